The van der Waals surface area contributed by atoms with Crippen LogP contribution in [0.25, 0.3) is 11.0 Å². The van der Waals surface area contributed by atoms with E-state index in [0.717, 1.165) is 0 Å². The first-order chi connectivity index (χ1) is 15.1. The predicted octanol–water partition coefficient (Wildman–Crippen LogP) is 3.18. The van der Waals surface area contributed by atoms with Gasteiger partial charge in [0.1, 0.15) is 17.0 Å². The number of furan rings is 1. The number of nitrogens with zero attached hydrogens (tertiary/aromatic N) is 2. The van der Waals surface area contributed by atoms with E-state index in [9.17, 15) is 9.59 Å². The second-order valence-corrected chi connectivity index (χ2v) is 7.09. The number of rotatable bonds is 5. The number of anilines is 1. The van der Waals surface area contributed by atoms with Crippen LogP contribution in [-0.2, 0) is 9.53 Å². The van der Waals surface area contributed by atoms with Gasteiger partial charge >= 0.3 is 0 Å². The summed E-state index contributed by atoms with van der Waals surface area (Å²) in [5, 5.41) is 12.3. The maximum Gasteiger partial charge on any atom is 0.291 e. The number of ether oxygens (including phenoxy) is 2. The smallest absolute Gasteiger partial charge is 0.291 e. The predicted molar refractivity (Wildman–Crippen MR) is 113 cm³/mol. The third-order valence-electron chi connectivity index (χ3n) is 5.00. The molecule has 2 amide bonds. The van der Waals surface area contributed by atoms with Crippen LogP contribution in [0.5, 0.6) is 5.75 Å². The monoisotopic (exact) mass is 419 g/mol. The molecule has 1 saturated heterocycles. The Morgan fingerprint density at radius 2 is 1.84 bits per heavy atom. The largest absolute Gasteiger partial charge is 0.481 e. The average molecular weight is 419 g/mol. The number of benzene rings is 2. The maximum atomic E-state index is 13.1. The summed E-state index contributed by atoms with van der Waals surface area (Å²) in [5.41, 5.74) is 1.34. The van der Waals surface area contributed by atoms with E-state index in [-0.39, 0.29) is 11.7 Å². The van der Waals surface area contributed by atoms with E-state index in [1.54, 1.807) is 54.3 Å². The highest BCUT2D eigenvalue weighted by Gasteiger charge is 2.28. The lowest BCUT2D eigenvalue weighted by Gasteiger charge is -2.26. The van der Waals surface area contributed by atoms with Crippen molar-refractivity contribution in [3.63, 3.8) is 0 Å². The Morgan fingerprint density at radius 1 is 1.13 bits per heavy atom. The Bertz CT molecular complexity index is 1140. The standard InChI is InChI=1S/C23H21N3O5/c1-15(30-17-8-6-16(14-24)7-9-17)22(27)25-20-18-4-2-3-5-19(18)31-21(20)23(28)26-10-12-29-13-11-26/h2-9,15H,10-13H2,1H3,(H,25,27)/t15-/m1/s1. The zero-order chi connectivity index (χ0) is 21.8. The molecule has 8 heteroatoms. The van der Waals surface area contributed by atoms with Crippen molar-refractivity contribution in [2.24, 2.45) is 0 Å². The fraction of sp³-hybridized carbons (Fsp3) is 0.261. The van der Waals surface area contributed by atoms with E-state index in [2.05, 4.69) is 5.32 Å². The van der Waals surface area contributed by atoms with Crippen LogP contribution in [0.15, 0.2) is 52.9 Å². The highest BCUT2D eigenvalue weighted by atomic mass is 16.5. The molecule has 1 N–H and O–H groups in total. The van der Waals surface area contributed by atoms with Gasteiger partial charge in [0.05, 0.1) is 24.8 Å². The summed E-state index contributed by atoms with van der Waals surface area (Å²) in [6, 6.07) is 15.7. The minimum Gasteiger partial charge on any atom is -0.481 e. The van der Waals surface area contributed by atoms with Gasteiger partial charge in [-0.1, -0.05) is 12.1 Å². The second kappa shape index (κ2) is 8.90. The van der Waals surface area contributed by atoms with Crippen molar-refractivity contribution in [1.82, 2.24) is 4.90 Å². The molecular formula is C23H21N3O5. The molecule has 0 unspecified atom stereocenters. The molecule has 2 heterocycles. The van der Waals surface area contributed by atoms with Gasteiger partial charge in [0.25, 0.3) is 11.8 Å². The van der Waals surface area contributed by atoms with E-state index in [1.807, 2.05) is 12.1 Å². The average Bonchev–Trinajstić information content (AvgIpc) is 3.18. The molecule has 8 nitrogen and oxygen atoms in total. The van der Waals surface area contributed by atoms with Crippen molar-refractivity contribution < 1.29 is 23.5 Å². The molecular weight excluding hydrogens is 398 g/mol. The zero-order valence-corrected chi connectivity index (χ0v) is 17.0. The number of para-hydroxylation sites is 1. The van der Waals surface area contributed by atoms with Crippen molar-refractivity contribution in [3.8, 4) is 11.8 Å². The van der Waals surface area contributed by atoms with E-state index < -0.39 is 12.0 Å². The summed E-state index contributed by atoms with van der Waals surface area (Å²) >= 11 is 0. The Morgan fingerprint density at radius 3 is 2.55 bits per heavy atom. The lowest BCUT2D eigenvalue weighted by atomic mass is 10.2. The van der Waals surface area contributed by atoms with Gasteiger partial charge in [-0.3, -0.25) is 9.59 Å². The highest BCUT2D eigenvalue weighted by molar-refractivity contribution is 6.11. The zero-order valence-electron chi connectivity index (χ0n) is 17.0. The molecule has 4 rings (SSSR count). The van der Waals surface area contributed by atoms with E-state index in [4.69, 9.17) is 19.2 Å². The van der Waals surface area contributed by atoms with E-state index in [1.165, 1.54) is 0 Å². The van der Waals surface area contributed by atoms with Crippen LogP contribution in [0.2, 0.25) is 0 Å². The number of hydrogen-bond acceptors (Lipinski definition) is 6. The molecule has 31 heavy (non-hydrogen) atoms. The van der Waals surface area contributed by atoms with Gasteiger partial charge in [0, 0.05) is 18.5 Å². The molecule has 2 aromatic carbocycles. The minimum absolute atomic E-state index is 0.0852. The first-order valence-corrected chi connectivity index (χ1v) is 9.93. The van der Waals surface area contributed by atoms with Crippen LogP contribution in [-0.4, -0.2) is 49.1 Å². The Hall–Kier alpha value is -3.83. The molecule has 0 spiro atoms. The molecule has 3 aromatic rings. The van der Waals surface area contributed by atoms with E-state index >= 15 is 0 Å². The topological polar surface area (TPSA) is 105 Å². The van der Waals surface area contributed by atoms with Crippen molar-refractivity contribution in [2.45, 2.75) is 13.0 Å². The van der Waals surface area contributed by atoms with Crippen molar-refractivity contribution in [2.75, 3.05) is 31.6 Å². The molecule has 0 bridgehead atoms. The molecule has 0 saturated carbocycles. The molecule has 0 radical (unpaired) electrons. The van der Waals surface area contributed by atoms with Crippen molar-refractivity contribution in [1.29, 1.82) is 5.26 Å². The third-order valence-corrected chi connectivity index (χ3v) is 5.00. The quantitative estimate of drug-likeness (QED) is 0.681. The number of fused-ring (bicyclic) bond motifs is 1. The van der Waals surface area contributed by atoms with Gasteiger partial charge in [0.2, 0.25) is 5.76 Å². The molecule has 1 fully saturated rings. The number of nitriles is 1. The number of nitrogens with one attached hydrogen (secondary N) is 1. The Labute approximate surface area is 178 Å². The number of morpholine rings is 1. The summed E-state index contributed by atoms with van der Waals surface area (Å²) in [5.74, 6) is -0.173. The molecule has 1 atom stereocenters. The van der Waals surface area contributed by atoms with Crippen LogP contribution >= 0.6 is 0 Å². The first-order valence-electron chi connectivity index (χ1n) is 9.93. The van der Waals surface area contributed by atoms with Gasteiger partial charge in [-0.25, -0.2) is 0 Å². The van der Waals surface area contributed by atoms with Crippen molar-refractivity contribution >= 4 is 28.5 Å². The number of amides is 2. The highest BCUT2D eigenvalue weighted by Crippen LogP contribution is 2.32. The van der Waals surface area contributed by atoms with Crippen LogP contribution < -0.4 is 10.1 Å². The molecule has 158 valence electrons. The summed E-state index contributed by atoms with van der Waals surface area (Å²) in [4.78, 5) is 27.6. The Kier molecular flexibility index (Phi) is 5.87. The second-order valence-electron chi connectivity index (χ2n) is 7.09. The lowest BCUT2D eigenvalue weighted by Crippen LogP contribution is -2.41. The van der Waals surface area contributed by atoms with Crippen LogP contribution in [0.1, 0.15) is 23.0 Å². The third kappa shape index (κ3) is 4.37. The molecule has 1 aromatic heterocycles. The fourth-order valence-electron chi connectivity index (χ4n) is 3.32. The molecule has 1 aliphatic rings. The van der Waals surface area contributed by atoms with Crippen LogP contribution in [0, 0.1) is 11.3 Å². The summed E-state index contributed by atoms with van der Waals surface area (Å²) in [6.07, 6.45) is -0.840. The van der Waals surface area contributed by atoms with Crippen molar-refractivity contribution in [3.05, 3.63) is 59.9 Å². The van der Waals surface area contributed by atoms with Crippen LogP contribution in [0.4, 0.5) is 5.69 Å². The first kappa shape index (κ1) is 20.4. The normalized spacial score (nSPS) is 14.6. The van der Waals surface area contributed by atoms with Gasteiger partial charge in [-0.05, 0) is 43.3 Å². The number of carbonyl (C=O) groups excluding carboxylic acids is 2. The molecule has 0 aliphatic carbocycles. The van der Waals surface area contributed by atoms with Gasteiger partial charge < -0.3 is 24.1 Å². The van der Waals surface area contributed by atoms with E-state index in [0.29, 0.717) is 54.3 Å². The summed E-state index contributed by atoms with van der Waals surface area (Å²) in [6.45, 7) is 3.45. The van der Waals surface area contributed by atoms with Gasteiger partial charge in [0.15, 0.2) is 6.10 Å². The lowest BCUT2D eigenvalue weighted by molar-refractivity contribution is -0.122. The number of hydrogen-bond donors (Lipinski definition) is 1. The maximum absolute atomic E-state index is 13.1. The van der Waals surface area contributed by atoms with Crippen LogP contribution in [0.3, 0.4) is 0 Å². The minimum atomic E-state index is -0.840. The Balaban J connectivity index is 1.56. The fourth-order valence-corrected chi connectivity index (χ4v) is 3.32. The summed E-state index contributed by atoms with van der Waals surface area (Å²) < 4.78 is 16.8. The van der Waals surface area contributed by atoms with Gasteiger partial charge in [-0.2, -0.15) is 5.26 Å². The SMILES string of the molecule is C[C@@H](Oc1ccc(C#N)cc1)C(=O)Nc1c(C(=O)N2CCOCC2)oc2ccccc12. The molecule has 1 aliphatic heterocycles. The van der Waals surface area contributed by atoms with Gasteiger partial charge in [-0.15, -0.1) is 0 Å². The number of carbonyl (C=O) groups is 2. The summed E-state index contributed by atoms with van der Waals surface area (Å²) in [7, 11) is 0.